The molecule has 0 saturated carbocycles. The van der Waals surface area contributed by atoms with Gasteiger partial charge in [0.25, 0.3) is 5.91 Å². The Hall–Kier alpha value is -2.70. The van der Waals surface area contributed by atoms with Gasteiger partial charge >= 0.3 is 0 Å². The molecule has 2 rings (SSSR count). The highest BCUT2D eigenvalue weighted by molar-refractivity contribution is 5.94. The Morgan fingerprint density at radius 3 is 2.62 bits per heavy atom. The number of benzene rings is 1. The summed E-state index contributed by atoms with van der Waals surface area (Å²) in [6.07, 6.45) is 2.27. The number of H-pyrrole nitrogens is 1. The van der Waals surface area contributed by atoms with Gasteiger partial charge in [-0.05, 0) is 12.1 Å². The Balaban J connectivity index is 1.60. The van der Waals surface area contributed by atoms with Crippen molar-refractivity contribution in [3.63, 3.8) is 0 Å². The molecule has 7 heteroatoms. The molecule has 21 heavy (non-hydrogen) atoms. The Morgan fingerprint density at radius 2 is 1.90 bits per heavy atom. The maximum absolute atomic E-state index is 11.7. The average Bonchev–Trinajstić information content (AvgIpc) is 3.01. The lowest BCUT2D eigenvalue weighted by Crippen LogP contribution is -2.31. The summed E-state index contributed by atoms with van der Waals surface area (Å²) in [5.74, 6) is 0.445. The van der Waals surface area contributed by atoms with Crippen LogP contribution in [0, 0.1) is 0 Å². The number of nitrogens with one attached hydrogen (secondary N) is 3. The summed E-state index contributed by atoms with van der Waals surface area (Å²) in [5, 5.41) is 11.9. The molecule has 110 valence electrons. The third-order valence-electron chi connectivity index (χ3n) is 2.82. The van der Waals surface area contributed by atoms with E-state index in [9.17, 15) is 9.59 Å². The molecule has 2 amide bonds. The van der Waals surface area contributed by atoms with E-state index >= 15 is 0 Å². The fourth-order valence-corrected chi connectivity index (χ4v) is 1.74. The molecule has 0 fully saturated rings. The lowest BCUT2D eigenvalue weighted by Gasteiger charge is -2.06. The maximum atomic E-state index is 11.7. The lowest BCUT2D eigenvalue weighted by atomic mass is 10.2. The second-order valence-electron chi connectivity index (χ2n) is 4.40. The van der Waals surface area contributed by atoms with Gasteiger partial charge in [0.05, 0.1) is 0 Å². The molecule has 0 atom stereocenters. The summed E-state index contributed by atoms with van der Waals surface area (Å²) in [6.45, 7) is 0.794. The third kappa shape index (κ3) is 5.06. The molecule has 0 aliphatic carbocycles. The number of amides is 2. The fraction of sp³-hybridized carbons (Fsp3) is 0.286. The van der Waals surface area contributed by atoms with Crippen LogP contribution in [0.1, 0.15) is 22.6 Å². The molecule has 0 bridgehead atoms. The van der Waals surface area contributed by atoms with E-state index in [0.29, 0.717) is 25.1 Å². The zero-order valence-electron chi connectivity index (χ0n) is 11.5. The normalized spacial score (nSPS) is 10.1. The summed E-state index contributed by atoms with van der Waals surface area (Å²) in [5.41, 5.74) is 0.586. The zero-order valence-corrected chi connectivity index (χ0v) is 11.5. The Morgan fingerprint density at radius 1 is 1.10 bits per heavy atom. The highest BCUT2D eigenvalue weighted by Gasteiger charge is 2.06. The van der Waals surface area contributed by atoms with Crippen LogP contribution < -0.4 is 10.6 Å². The van der Waals surface area contributed by atoms with E-state index in [0.717, 1.165) is 5.82 Å². The van der Waals surface area contributed by atoms with Gasteiger partial charge in [0, 0.05) is 31.5 Å². The first kappa shape index (κ1) is 14.7. The molecule has 3 N–H and O–H groups in total. The predicted octanol–water partition coefficient (Wildman–Crippen LogP) is 0.283. The third-order valence-corrected chi connectivity index (χ3v) is 2.82. The molecule has 0 radical (unpaired) electrons. The van der Waals surface area contributed by atoms with E-state index in [1.54, 1.807) is 24.3 Å². The van der Waals surface area contributed by atoms with Crippen LogP contribution in [0.4, 0.5) is 0 Å². The van der Waals surface area contributed by atoms with Crippen molar-refractivity contribution >= 4 is 11.8 Å². The summed E-state index contributed by atoms with van der Waals surface area (Å²) >= 11 is 0. The SMILES string of the molecule is O=C(CCNC(=O)c1ccccc1)NCCc1ncn[nH]1. The Bertz CT molecular complexity index is 568. The average molecular weight is 287 g/mol. The minimum atomic E-state index is -0.176. The minimum absolute atomic E-state index is 0.108. The van der Waals surface area contributed by atoms with Gasteiger partial charge in [0.1, 0.15) is 12.2 Å². The molecule has 0 unspecified atom stereocenters. The van der Waals surface area contributed by atoms with Gasteiger partial charge in [-0.1, -0.05) is 18.2 Å². The molecule has 1 heterocycles. The summed E-state index contributed by atoms with van der Waals surface area (Å²) in [6, 6.07) is 8.90. The Labute approximate surface area is 122 Å². The Kier molecular flexibility index (Phi) is 5.45. The van der Waals surface area contributed by atoms with Crippen molar-refractivity contribution in [3.8, 4) is 0 Å². The second kappa shape index (κ2) is 7.78. The smallest absolute Gasteiger partial charge is 0.251 e. The molecular weight excluding hydrogens is 270 g/mol. The fourth-order valence-electron chi connectivity index (χ4n) is 1.74. The van der Waals surface area contributed by atoms with E-state index in [2.05, 4.69) is 25.8 Å². The van der Waals surface area contributed by atoms with Crippen LogP contribution in [-0.4, -0.2) is 40.1 Å². The largest absolute Gasteiger partial charge is 0.356 e. The summed E-state index contributed by atoms with van der Waals surface area (Å²) < 4.78 is 0. The van der Waals surface area contributed by atoms with Gasteiger partial charge in [-0.25, -0.2) is 4.98 Å². The van der Waals surface area contributed by atoms with Crippen molar-refractivity contribution in [1.82, 2.24) is 25.8 Å². The number of hydrogen-bond donors (Lipinski definition) is 3. The van der Waals surface area contributed by atoms with Crippen molar-refractivity contribution in [1.29, 1.82) is 0 Å². The molecule has 0 aliphatic rings. The van der Waals surface area contributed by atoms with Crippen LogP contribution in [0.25, 0.3) is 0 Å². The molecule has 1 aromatic heterocycles. The van der Waals surface area contributed by atoms with Crippen molar-refractivity contribution in [2.24, 2.45) is 0 Å². The first-order valence-electron chi connectivity index (χ1n) is 6.70. The van der Waals surface area contributed by atoms with Crippen LogP contribution in [0.15, 0.2) is 36.7 Å². The van der Waals surface area contributed by atoms with Crippen LogP contribution in [-0.2, 0) is 11.2 Å². The second-order valence-corrected chi connectivity index (χ2v) is 4.40. The van der Waals surface area contributed by atoms with E-state index in [1.165, 1.54) is 6.33 Å². The van der Waals surface area contributed by atoms with E-state index in [1.807, 2.05) is 6.07 Å². The van der Waals surface area contributed by atoms with E-state index in [-0.39, 0.29) is 18.2 Å². The van der Waals surface area contributed by atoms with Crippen molar-refractivity contribution in [2.75, 3.05) is 13.1 Å². The number of nitrogens with zero attached hydrogens (tertiary/aromatic N) is 2. The highest BCUT2D eigenvalue weighted by Crippen LogP contribution is 1.97. The molecule has 2 aromatic rings. The maximum Gasteiger partial charge on any atom is 0.251 e. The van der Waals surface area contributed by atoms with Crippen LogP contribution >= 0.6 is 0 Å². The number of rotatable bonds is 7. The molecule has 0 aliphatic heterocycles. The first-order valence-corrected chi connectivity index (χ1v) is 6.70. The van der Waals surface area contributed by atoms with Crippen LogP contribution in [0.2, 0.25) is 0 Å². The highest BCUT2D eigenvalue weighted by atomic mass is 16.2. The van der Waals surface area contributed by atoms with Crippen molar-refractivity contribution in [3.05, 3.63) is 48.0 Å². The number of hydrogen-bond acceptors (Lipinski definition) is 4. The van der Waals surface area contributed by atoms with E-state index in [4.69, 9.17) is 0 Å². The molecular formula is C14H17N5O2. The van der Waals surface area contributed by atoms with Crippen molar-refractivity contribution in [2.45, 2.75) is 12.8 Å². The molecule has 7 nitrogen and oxygen atoms in total. The predicted molar refractivity (Wildman–Crippen MR) is 76.5 cm³/mol. The first-order chi connectivity index (χ1) is 10.3. The van der Waals surface area contributed by atoms with Gasteiger partial charge in [-0.15, -0.1) is 0 Å². The van der Waals surface area contributed by atoms with E-state index < -0.39 is 0 Å². The lowest BCUT2D eigenvalue weighted by molar-refractivity contribution is -0.120. The molecule has 1 aromatic carbocycles. The van der Waals surface area contributed by atoms with Crippen LogP contribution in [0.5, 0.6) is 0 Å². The minimum Gasteiger partial charge on any atom is -0.356 e. The van der Waals surface area contributed by atoms with Gasteiger partial charge in [0.15, 0.2) is 0 Å². The van der Waals surface area contributed by atoms with Crippen LogP contribution in [0.3, 0.4) is 0 Å². The van der Waals surface area contributed by atoms with Gasteiger partial charge in [-0.3, -0.25) is 14.7 Å². The van der Waals surface area contributed by atoms with Gasteiger partial charge < -0.3 is 10.6 Å². The number of carbonyl (C=O) groups excluding carboxylic acids is 2. The molecule has 0 saturated heterocycles. The summed E-state index contributed by atoms with van der Waals surface area (Å²) in [4.78, 5) is 27.3. The standard InChI is InChI=1S/C14H17N5O2/c20-13(15-8-6-12-17-10-18-19-12)7-9-16-14(21)11-4-2-1-3-5-11/h1-5,10H,6-9H2,(H,15,20)(H,16,21)(H,17,18,19). The topological polar surface area (TPSA) is 99.8 Å². The number of aromatic amines is 1. The van der Waals surface area contributed by atoms with Crippen molar-refractivity contribution < 1.29 is 9.59 Å². The number of carbonyl (C=O) groups is 2. The quantitative estimate of drug-likeness (QED) is 0.681. The van der Waals surface area contributed by atoms with Gasteiger partial charge in [-0.2, -0.15) is 5.10 Å². The monoisotopic (exact) mass is 287 g/mol. The summed E-state index contributed by atoms with van der Waals surface area (Å²) in [7, 11) is 0. The van der Waals surface area contributed by atoms with Gasteiger partial charge in [0.2, 0.25) is 5.91 Å². The number of aromatic nitrogens is 3. The zero-order chi connectivity index (χ0) is 14.9. The molecule has 0 spiro atoms.